The number of hydrogen-bond acceptors (Lipinski definition) is 5. The maximum absolute atomic E-state index is 9.66. The Hall–Kier alpha value is -1.14. The van der Waals surface area contributed by atoms with Gasteiger partial charge in [0.15, 0.2) is 0 Å². The molecule has 17 heavy (non-hydrogen) atoms. The molecule has 1 aromatic rings. The Kier molecular flexibility index (Phi) is 3.63. The Bertz CT molecular complexity index is 364. The lowest BCUT2D eigenvalue weighted by Crippen LogP contribution is -2.54. The number of rotatable bonds is 2. The van der Waals surface area contributed by atoms with E-state index in [4.69, 9.17) is 9.47 Å². The van der Waals surface area contributed by atoms with Gasteiger partial charge >= 0.3 is 0 Å². The van der Waals surface area contributed by atoms with Crippen LogP contribution in [0.4, 0.5) is 0 Å². The third-order valence-corrected chi connectivity index (χ3v) is 2.73. The second kappa shape index (κ2) is 5.01. The summed E-state index contributed by atoms with van der Waals surface area (Å²) in [7, 11) is 0. The minimum Gasteiger partial charge on any atom is -0.462 e. The van der Waals surface area contributed by atoms with Crippen molar-refractivity contribution < 1.29 is 24.8 Å². The Labute approximate surface area is 99.2 Å². The van der Waals surface area contributed by atoms with Crippen LogP contribution in [0.1, 0.15) is 5.56 Å². The van der Waals surface area contributed by atoms with Gasteiger partial charge in [-0.3, -0.25) is 0 Å². The average molecular weight is 240 g/mol. The zero-order chi connectivity index (χ0) is 12.4. The molecule has 0 amide bonds. The van der Waals surface area contributed by atoms with Crippen molar-refractivity contribution in [3.8, 4) is 5.75 Å². The summed E-state index contributed by atoms with van der Waals surface area (Å²) in [5.74, 6) is 0.545. The van der Waals surface area contributed by atoms with Crippen molar-refractivity contribution in [2.45, 2.75) is 31.5 Å². The van der Waals surface area contributed by atoms with Crippen LogP contribution in [0, 0.1) is 6.92 Å². The van der Waals surface area contributed by atoms with Crippen LogP contribution in [0.3, 0.4) is 0 Å². The molecular weight excluding hydrogens is 224 g/mol. The van der Waals surface area contributed by atoms with Gasteiger partial charge in [0.05, 0.1) is 6.61 Å². The first-order valence-electron chi connectivity index (χ1n) is 5.47. The van der Waals surface area contributed by atoms with Crippen LogP contribution in [0.15, 0.2) is 24.3 Å². The first-order valence-corrected chi connectivity index (χ1v) is 5.47. The zero-order valence-electron chi connectivity index (χ0n) is 9.48. The van der Waals surface area contributed by atoms with E-state index in [1.807, 2.05) is 19.1 Å². The fourth-order valence-corrected chi connectivity index (χ4v) is 1.63. The third kappa shape index (κ3) is 2.76. The van der Waals surface area contributed by atoms with Gasteiger partial charge in [-0.15, -0.1) is 0 Å². The fourth-order valence-electron chi connectivity index (χ4n) is 1.63. The molecule has 1 aromatic carbocycles. The topological polar surface area (TPSA) is 79.2 Å². The molecule has 1 heterocycles. The van der Waals surface area contributed by atoms with Crippen LogP contribution >= 0.6 is 0 Å². The molecule has 5 heteroatoms. The van der Waals surface area contributed by atoms with Crippen LogP contribution in [0.25, 0.3) is 0 Å². The van der Waals surface area contributed by atoms with Crippen molar-refractivity contribution in [2.75, 3.05) is 6.61 Å². The highest BCUT2D eigenvalue weighted by Gasteiger charge is 2.38. The molecule has 1 fully saturated rings. The van der Waals surface area contributed by atoms with Crippen molar-refractivity contribution in [2.24, 2.45) is 0 Å². The maximum Gasteiger partial charge on any atom is 0.228 e. The van der Waals surface area contributed by atoms with E-state index in [0.717, 1.165) is 5.56 Å². The summed E-state index contributed by atoms with van der Waals surface area (Å²) in [4.78, 5) is 0. The molecule has 0 aliphatic carbocycles. The predicted molar refractivity (Wildman–Crippen MR) is 59.6 cm³/mol. The Morgan fingerprint density at radius 1 is 1.12 bits per heavy atom. The van der Waals surface area contributed by atoms with Gasteiger partial charge in [-0.05, 0) is 19.1 Å². The van der Waals surface area contributed by atoms with Gasteiger partial charge in [-0.1, -0.05) is 17.7 Å². The first kappa shape index (κ1) is 12.3. The van der Waals surface area contributed by atoms with Gasteiger partial charge in [0.25, 0.3) is 0 Å². The summed E-state index contributed by atoms with van der Waals surface area (Å²) < 4.78 is 10.5. The summed E-state index contributed by atoms with van der Waals surface area (Å²) in [6, 6.07) is 7.25. The Morgan fingerprint density at radius 3 is 2.41 bits per heavy atom. The molecule has 0 bridgehead atoms. The quantitative estimate of drug-likeness (QED) is 0.668. The fraction of sp³-hybridized carbons (Fsp3) is 0.500. The SMILES string of the molecule is Cc1ccc(O[C@@H]2OC[C@H](O)[C@H](O)[C@H]2O)cc1. The molecule has 5 nitrogen and oxygen atoms in total. The Balaban J connectivity index is 2.01. The highest BCUT2D eigenvalue weighted by Crippen LogP contribution is 2.20. The molecule has 0 radical (unpaired) electrons. The van der Waals surface area contributed by atoms with Crippen LogP contribution in [-0.4, -0.2) is 46.5 Å². The minimum absolute atomic E-state index is 0.0608. The van der Waals surface area contributed by atoms with Gasteiger partial charge in [0.2, 0.25) is 6.29 Å². The van der Waals surface area contributed by atoms with Gasteiger partial charge in [-0.25, -0.2) is 0 Å². The molecular formula is C12H16O5. The summed E-state index contributed by atoms with van der Waals surface area (Å²) in [6.45, 7) is 1.89. The van der Waals surface area contributed by atoms with Gasteiger partial charge in [-0.2, -0.15) is 0 Å². The van der Waals surface area contributed by atoms with Gasteiger partial charge in [0, 0.05) is 0 Å². The third-order valence-electron chi connectivity index (χ3n) is 2.73. The normalized spacial score (nSPS) is 33.4. The van der Waals surface area contributed by atoms with Gasteiger partial charge in [0.1, 0.15) is 24.1 Å². The number of benzene rings is 1. The standard InChI is InChI=1S/C12H16O5/c1-7-2-4-8(5-3-7)17-12-11(15)10(14)9(13)6-16-12/h2-5,9-15H,6H2,1H3/t9-,10-,11+,12-/m0/s1. The maximum atomic E-state index is 9.66. The lowest BCUT2D eigenvalue weighted by Gasteiger charge is -2.34. The van der Waals surface area contributed by atoms with E-state index < -0.39 is 24.6 Å². The van der Waals surface area contributed by atoms with E-state index in [2.05, 4.69) is 0 Å². The molecule has 3 N–H and O–H groups in total. The van der Waals surface area contributed by atoms with E-state index in [1.54, 1.807) is 12.1 Å². The summed E-state index contributed by atoms with van der Waals surface area (Å²) in [5.41, 5.74) is 1.10. The van der Waals surface area contributed by atoms with Crippen LogP contribution in [-0.2, 0) is 4.74 Å². The number of aliphatic hydroxyl groups excluding tert-OH is 3. The molecule has 1 aliphatic rings. The second-order valence-electron chi connectivity index (χ2n) is 4.18. The van der Waals surface area contributed by atoms with Crippen molar-refractivity contribution in [1.82, 2.24) is 0 Å². The molecule has 0 aromatic heterocycles. The van der Waals surface area contributed by atoms with E-state index in [1.165, 1.54) is 0 Å². The van der Waals surface area contributed by atoms with E-state index in [9.17, 15) is 15.3 Å². The predicted octanol–water partition coefficient (Wildman–Crippen LogP) is -0.187. The molecule has 1 saturated heterocycles. The molecule has 2 rings (SSSR count). The lowest BCUT2D eigenvalue weighted by molar-refractivity contribution is -0.242. The van der Waals surface area contributed by atoms with Crippen molar-refractivity contribution in [3.63, 3.8) is 0 Å². The number of hydrogen-bond donors (Lipinski definition) is 3. The van der Waals surface area contributed by atoms with Crippen molar-refractivity contribution in [1.29, 1.82) is 0 Å². The lowest BCUT2D eigenvalue weighted by atomic mass is 10.1. The molecule has 4 atom stereocenters. The van der Waals surface area contributed by atoms with Crippen molar-refractivity contribution in [3.05, 3.63) is 29.8 Å². The van der Waals surface area contributed by atoms with Crippen LogP contribution in [0.5, 0.6) is 5.75 Å². The van der Waals surface area contributed by atoms with Gasteiger partial charge < -0.3 is 24.8 Å². The first-order chi connectivity index (χ1) is 8.08. The van der Waals surface area contributed by atoms with Crippen LogP contribution in [0.2, 0.25) is 0 Å². The Morgan fingerprint density at radius 2 is 1.76 bits per heavy atom. The van der Waals surface area contributed by atoms with E-state index >= 15 is 0 Å². The molecule has 94 valence electrons. The van der Waals surface area contributed by atoms with E-state index in [-0.39, 0.29) is 6.61 Å². The monoisotopic (exact) mass is 240 g/mol. The number of aryl methyl sites for hydroxylation is 1. The van der Waals surface area contributed by atoms with Crippen LogP contribution < -0.4 is 4.74 Å². The molecule has 0 saturated carbocycles. The van der Waals surface area contributed by atoms with E-state index in [0.29, 0.717) is 5.75 Å². The average Bonchev–Trinajstić information content (AvgIpc) is 2.33. The number of aliphatic hydroxyl groups is 3. The molecule has 1 aliphatic heterocycles. The highest BCUT2D eigenvalue weighted by molar-refractivity contribution is 5.26. The van der Waals surface area contributed by atoms with Crippen molar-refractivity contribution >= 4 is 0 Å². The minimum atomic E-state index is -1.26. The summed E-state index contributed by atoms with van der Waals surface area (Å²) >= 11 is 0. The zero-order valence-corrected chi connectivity index (χ0v) is 9.48. The summed E-state index contributed by atoms with van der Waals surface area (Å²) in [5, 5.41) is 28.4. The number of ether oxygens (including phenoxy) is 2. The molecule has 0 unspecified atom stereocenters. The summed E-state index contributed by atoms with van der Waals surface area (Å²) in [6.07, 6.45) is -4.56. The molecule has 0 spiro atoms. The second-order valence-corrected chi connectivity index (χ2v) is 4.18. The smallest absolute Gasteiger partial charge is 0.228 e. The highest BCUT2D eigenvalue weighted by atomic mass is 16.7. The largest absolute Gasteiger partial charge is 0.462 e.